The molecule has 0 aromatic carbocycles. The predicted octanol–water partition coefficient (Wildman–Crippen LogP) is 4.03. The summed E-state index contributed by atoms with van der Waals surface area (Å²) in [6.45, 7) is 10.6. The van der Waals surface area contributed by atoms with E-state index in [0.29, 0.717) is 0 Å². The molecule has 18 heavy (non-hydrogen) atoms. The molecule has 0 aromatic rings. The molecule has 2 nitrogen and oxygen atoms in total. The van der Waals surface area contributed by atoms with Crippen molar-refractivity contribution in [2.24, 2.45) is 5.41 Å². The van der Waals surface area contributed by atoms with Gasteiger partial charge in [0, 0.05) is 6.04 Å². The minimum absolute atomic E-state index is 0.492. The minimum atomic E-state index is -5.43. The van der Waals surface area contributed by atoms with Gasteiger partial charge in [0.2, 0.25) is 0 Å². The van der Waals surface area contributed by atoms with Gasteiger partial charge in [-0.15, -0.1) is 0 Å². The van der Waals surface area contributed by atoms with E-state index in [9.17, 15) is 22.4 Å². The average Bonchev–Trinajstić information content (AvgIpc) is 2.17. The van der Waals surface area contributed by atoms with Crippen molar-refractivity contribution >= 4 is 17.5 Å². The van der Waals surface area contributed by atoms with Gasteiger partial charge in [-0.25, -0.2) is 4.39 Å². The second-order valence-corrected chi connectivity index (χ2v) is 5.15. The summed E-state index contributed by atoms with van der Waals surface area (Å²) in [5.74, 6) is -1.89. The zero-order valence-electron chi connectivity index (χ0n) is 11.4. The predicted molar refractivity (Wildman–Crippen MR) is 64.2 cm³/mol. The van der Waals surface area contributed by atoms with Gasteiger partial charge >= 0.3 is 11.3 Å². The minimum Gasteiger partial charge on any atom is -0.349 e. The fourth-order valence-electron chi connectivity index (χ4n) is 0.633. The molecule has 0 aliphatic rings. The first-order chi connectivity index (χ1) is 7.80. The van der Waals surface area contributed by atoms with E-state index in [1.165, 1.54) is 6.92 Å². The first kappa shape index (κ1) is 19.8. The van der Waals surface area contributed by atoms with Gasteiger partial charge < -0.3 is 5.32 Å². The van der Waals surface area contributed by atoms with E-state index in [2.05, 4.69) is 11.6 Å². The van der Waals surface area contributed by atoms with Gasteiger partial charge in [-0.2, -0.15) is 13.2 Å². The number of amides is 1. The van der Waals surface area contributed by atoms with Crippen molar-refractivity contribution in [3.63, 3.8) is 0 Å². The van der Waals surface area contributed by atoms with Gasteiger partial charge in [0.25, 0.3) is 5.91 Å². The Bertz CT molecular complexity index is 271. The normalized spacial score (nSPS) is 17.1. The fourth-order valence-corrected chi connectivity index (χ4v) is 0.687. The summed E-state index contributed by atoms with van der Waals surface area (Å²) in [5, 5.41) is -2.48. The van der Waals surface area contributed by atoms with E-state index in [4.69, 9.17) is 0 Å². The Morgan fingerprint density at radius 3 is 1.67 bits per heavy atom. The SMILES string of the molecule is CC.CC(NC(=O)C(F)(Cl)C(F)(F)F)C(C)(C)C. The summed E-state index contributed by atoms with van der Waals surface area (Å²) in [5.41, 5.74) is -0.492. The van der Waals surface area contributed by atoms with Gasteiger partial charge in [0.15, 0.2) is 0 Å². The van der Waals surface area contributed by atoms with Crippen molar-refractivity contribution in [2.75, 3.05) is 0 Å². The lowest BCUT2D eigenvalue weighted by Crippen LogP contribution is -2.54. The smallest absolute Gasteiger partial charge is 0.349 e. The lowest BCUT2D eigenvalue weighted by Gasteiger charge is -2.30. The summed E-state index contributed by atoms with van der Waals surface area (Å²) < 4.78 is 49.2. The fraction of sp³-hybridized carbons (Fsp3) is 0.909. The van der Waals surface area contributed by atoms with Crippen LogP contribution in [0.4, 0.5) is 17.6 Å². The van der Waals surface area contributed by atoms with Gasteiger partial charge in [-0.3, -0.25) is 4.79 Å². The van der Waals surface area contributed by atoms with Crippen LogP contribution in [0.1, 0.15) is 41.5 Å². The number of hydrogen-bond donors (Lipinski definition) is 1. The number of nitrogens with one attached hydrogen (secondary N) is 1. The molecule has 1 amide bonds. The van der Waals surface area contributed by atoms with E-state index in [1.807, 2.05) is 19.2 Å². The van der Waals surface area contributed by atoms with Crippen LogP contribution in [0.15, 0.2) is 0 Å². The van der Waals surface area contributed by atoms with Crippen LogP contribution < -0.4 is 5.32 Å². The van der Waals surface area contributed by atoms with Crippen molar-refractivity contribution < 1.29 is 22.4 Å². The largest absolute Gasteiger partial charge is 0.446 e. The quantitative estimate of drug-likeness (QED) is 0.604. The Labute approximate surface area is 110 Å². The van der Waals surface area contributed by atoms with Crippen LogP contribution in [-0.4, -0.2) is 23.3 Å². The van der Waals surface area contributed by atoms with E-state index < -0.39 is 28.7 Å². The molecule has 0 aromatic heterocycles. The average molecular weight is 294 g/mol. The summed E-state index contributed by atoms with van der Waals surface area (Å²) in [6, 6.07) is -0.642. The summed E-state index contributed by atoms with van der Waals surface area (Å²) in [6.07, 6.45) is -5.43. The van der Waals surface area contributed by atoms with Crippen LogP contribution in [0, 0.1) is 5.41 Å². The molecule has 7 heteroatoms. The molecule has 0 saturated carbocycles. The Hall–Kier alpha value is -0.520. The van der Waals surface area contributed by atoms with E-state index >= 15 is 0 Å². The van der Waals surface area contributed by atoms with Crippen LogP contribution in [0.25, 0.3) is 0 Å². The zero-order chi connectivity index (χ0) is 15.4. The van der Waals surface area contributed by atoms with Crippen molar-refractivity contribution in [1.29, 1.82) is 0 Å². The number of halogens is 5. The zero-order valence-corrected chi connectivity index (χ0v) is 12.1. The van der Waals surface area contributed by atoms with Crippen LogP contribution in [0.3, 0.4) is 0 Å². The number of alkyl halides is 5. The lowest BCUT2D eigenvalue weighted by molar-refractivity contribution is -0.201. The van der Waals surface area contributed by atoms with Crippen molar-refractivity contribution in [1.82, 2.24) is 5.32 Å². The van der Waals surface area contributed by atoms with Crippen LogP contribution in [0.5, 0.6) is 0 Å². The highest BCUT2D eigenvalue weighted by Crippen LogP contribution is 2.38. The first-order valence-corrected chi connectivity index (χ1v) is 5.93. The third-order valence-electron chi connectivity index (χ3n) is 2.29. The molecule has 0 fully saturated rings. The summed E-state index contributed by atoms with van der Waals surface area (Å²) in [4.78, 5) is 11.0. The van der Waals surface area contributed by atoms with E-state index in [0.717, 1.165) is 0 Å². The van der Waals surface area contributed by atoms with Crippen LogP contribution in [0.2, 0.25) is 0 Å². The van der Waals surface area contributed by atoms with Gasteiger partial charge in [-0.1, -0.05) is 46.2 Å². The van der Waals surface area contributed by atoms with Crippen molar-refractivity contribution in [3.05, 3.63) is 0 Å². The number of rotatable bonds is 2. The maximum absolute atomic E-state index is 13.0. The summed E-state index contributed by atoms with van der Waals surface area (Å²) >= 11 is 4.55. The Morgan fingerprint density at radius 1 is 1.11 bits per heavy atom. The van der Waals surface area contributed by atoms with Crippen LogP contribution >= 0.6 is 11.6 Å². The second-order valence-electron chi connectivity index (χ2n) is 4.63. The van der Waals surface area contributed by atoms with Crippen molar-refractivity contribution in [3.8, 4) is 0 Å². The highest BCUT2D eigenvalue weighted by atomic mass is 35.5. The molecular weight excluding hydrogens is 274 g/mol. The summed E-state index contributed by atoms with van der Waals surface area (Å²) in [7, 11) is 0. The monoisotopic (exact) mass is 293 g/mol. The van der Waals surface area contributed by atoms with Crippen molar-refractivity contribution in [2.45, 2.75) is 58.9 Å². The first-order valence-electron chi connectivity index (χ1n) is 5.55. The third kappa shape index (κ3) is 5.42. The molecule has 1 N–H and O–H groups in total. The molecule has 2 atom stereocenters. The Balaban J connectivity index is 0. The standard InChI is InChI=1S/C9H14ClF4NO.C2H6/c1-5(7(2,3)4)15-6(16)8(10,11)9(12,13)14;1-2/h5H,1-4H3,(H,15,16);1-2H3. The number of carbonyl (C=O) groups excluding carboxylic acids is 1. The highest BCUT2D eigenvalue weighted by molar-refractivity contribution is 6.34. The van der Waals surface area contributed by atoms with Gasteiger partial charge in [-0.05, 0) is 12.3 Å². The number of hydrogen-bond acceptors (Lipinski definition) is 1. The molecule has 0 spiro atoms. The third-order valence-corrected chi connectivity index (χ3v) is 2.67. The molecule has 0 rings (SSSR count). The Kier molecular flexibility index (Phi) is 7.25. The molecule has 0 radical (unpaired) electrons. The topological polar surface area (TPSA) is 29.1 Å². The van der Waals surface area contributed by atoms with E-state index in [1.54, 1.807) is 20.8 Å². The molecule has 2 unspecified atom stereocenters. The molecule has 110 valence electrons. The molecule has 0 bridgehead atoms. The maximum Gasteiger partial charge on any atom is 0.446 e. The molecule has 0 saturated heterocycles. The number of carbonyl (C=O) groups is 1. The highest BCUT2D eigenvalue weighted by Gasteiger charge is 2.61. The van der Waals surface area contributed by atoms with Gasteiger partial charge in [0.1, 0.15) is 0 Å². The Morgan fingerprint density at radius 2 is 1.44 bits per heavy atom. The molecule has 0 aliphatic heterocycles. The second kappa shape index (κ2) is 6.59. The lowest BCUT2D eigenvalue weighted by atomic mass is 9.88. The van der Waals surface area contributed by atoms with Gasteiger partial charge in [0.05, 0.1) is 0 Å². The molecule has 0 heterocycles. The molecule has 0 aliphatic carbocycles. The van der Waals surface area contributed by atoms with E-state index in [-0.39, 0.29) is 0 Å². The molecular formula is C11H20ClF4NO. The maximum atomic E-state index is 13.0. The van der Waals surface area contributed by atoms with Crippen LogP contribution in [-0.2, 0) is 4.79 Å².